The summed E-state index contributed by atoms with van der Waals surface area (Å²) in [6.07, 6.45) is 0.409. The predicted molar refractivity (Wildman–Crippen MR) is 99.2 cm³/mol. The normalized spacial score (nSPS) is 13.4. The van der Waals surface area contributed by atoms with Crippen LogP contribution in [0.25, 0.3) is 0 Å². The van der Waals surface area contributed by atoms with Crippen molar-refractivity contribution in [2.45, 2.75) is 24.5 Å². The van der Waals surface area contributed by atoms with E-state index in [-0.39, 0.29) is 24.0 Å². The zero-order valence-corrected chi connectivity index (χ0v) is 15.7. The summed E-state index contributed by atoms with van der Waals surface area (Å²) in [5.41, 5.74) is 1.42. The van der Waals surface area contributed by atoms with Crippen molar-refractivity contribution >= 4 is 29.3 Å². The lowest BCUT2D eigenvalue weighted by Gasteiger charge is -2.12. The molecule has 6 nitrogen and oxygen atoms in total. The largest absolute Gasteiger partial charge is 0.493 e. The number of fused-ring (bicyclic) bond motifs is 1. The monoisotopic (exact) mass is 409 g/mol. The van der Waals surface area contributed by atoms with E-state index in [0.717, 1.165) is 4.90 Å². The highest BCUT2D eigenvalue weighted by atomic mass is 32.2. The van der Waals surface area contributed by atoms with Crippen molar-refractivity contribution in [2.24, 2.45) is 0 Å². The average Bonchev–Trinajstić information content (AvgIpc) is 2.86. The van der Waals surface area contributed by atoms with Gasteiger partial charge in [-0.1, -0.05) is 6.07 Å². The maximum atomic E-state index is 12.4. The van der Waals surface area contributed by atoms with Gasteiger partial charge in [0.25, 0.3) is 0 Å². The third-order valence-corrected chi connectivity index (χ3v) is 4.97. The summed E-state index contributed by atoms with van der Waals surface area (Å²) >= 11 is 1.54. The summed E-state index contributed by atoms with van der Waals surface area (Å²) < 4.78 is 39.4. The quantitative estimate of drug-likeness (QED) is 0.725. The van der Waals surface area contributed by atoms with Gasteiger partial charge in [0.05, 0.1) is 18.4 Å². The molecule has 1 amide bonds. The van der Waals surface area contributed by atoms with Gasteiger partial charge < -0.3 is 19.5 Å². The van der Waals surface area contributed by atoms with Gasteiger partial charge in [0.2, 0.25) is 5.91 Å². The van der Waals surface area contributed by atoms with Crippen molar-refractivity contribution in [3.63, 3.8) is 0 Å². The first kappa shape index (κ1) is 19.9. The van der Waals surface area contributed by atoms with E-state index in [1.165, 1.54) is 37.1 Å². The van der Waals surface area contributed by atoms with Crippen molar-refractivity contribution < 1.29 is 32.6 Å². The molecule has 0 saturated carbocycles. The molecule has 0 bridgehead atoms. The Morgan fingerprint density at radius 3 is 2.79 bits per heavy atom. The Morgan fingerprint density at radius 2 is 2.04 bits per heavy atom. The van der Waals surface area contributed by atoms with Crippen LogP contribution in [0.15, 0.2) is 41.3 Å². The standard InChI is InChI=1S/C19H17F2NO5S/c1-25-15-8-11(2-4-14(15)27-19(20)21)10-26-18(24)12-3-5-16-13(9-12)22-17(23)6-7-28-16/h2-5,8-9,19H,6-7,10H2,1H3,(H,22,23). The smallest absolute Gasteiger partial charge is 0.387 e. The van der Waals surface area contributed by atoms with Crippen LogP contribution in [0.5, 0.6) is 11.5 Å². The lowest BCUT2D eigenvalue weighted by molar-refractivity contribution is -0.115. The van der Waals surface area contributed by atoms with E-state index >= 15 is 0 Å². The molecule has 0 fully saturated rings. The maximum absolute atomic E-state index is 12.4. The molecule has 1 aliphatic heterocycles. The molecule has 1 heterocycles. The Kier molecular flexibility index (Phi) is 6.35. The number of carbonyl (C=O) groups is 2. The highest BCUT2D eigenvalue weighted by Crippen LogP contribution is 2.32. The molecule has 0 saturated heterocycles. The highest BCUT2D eigenvalue weighted by molar-refractivity contribution is 7.99. The Hall–Kier alpha value is -2.81. The topological polar surface area (TPSA) is 73.9 Å². The van der Waals surface area contributed by atoms with Crippen LogP contribution in [0.4, 0.5) is 14.5 Å². The first-order valence-corrected chi connectivity index (χ1v) is 9.30. The highest BCUT2D eigenvalue weighted by Gasteiger charge is 2.17. The van der Waals surface area contributed by atoms with Crippen LogP contribution in [-0.4, -0.2) is 31.4 Å². The lowest BCUT2D eigenvalue weighted by Crippen LogP contribution is -2.11. The number of rotatable bonds is 6. The molecule has 0 unspecified atom stereocenters. The number of amides is 1. The van der Waals surface area contributed by atoms with Gasteiger partial charge in [0, 0.05) is 17.1 Å². The van der Waals surface area contributed by atoms with Gasteiger partial charge >= 0.3 is 12.6 Å². The second-order valence-electron chi connectivity index (χ2n) is 5.80. The number of halogens is 2. The number of methoxy groups -OCH3 is 1. The summed E-state index contributed by atoms with van der Waals surface area (Å²) in [5, 5.41) is 2.77. The summed E-state index contributed by atoms with van der Waals surface area (Å²) in [7, 11) is 1.32. The van der Waals surface area contributed by atoms with E-state index in [0.29, 0.717) is 29.0 Å². The molecule has 1 N–H and O–H groups in total. The molecule has 3 rings (SSSR count). The van der Waals surface area contributed by atoms with Crippen molar-refractivity contribution in [1.82, 2.24) is 0 Å². The van der Waals surface area contributed by atoms with Gasteiger partial charge in [-0.25, -0.2) is 4.79 Å². The van der Waals surface area contributed by atoms with Gasteiger partial charge in [-0.15, -0.1) is 11.8 Å². The number of anilines is 1. The molecule has 0 atom stereocenters. The summed E-state index contributed by atoms with van der Waals surface area (Å²) in [4.78, 5) is 24.9. The van der Waals surface area contributed by atoms with E-state index in [1.54, 1.807) is 18.2 Å². The fraction of sp³-hybridized carbons (Fsp3) is 0.263. The van der Waals surface area contributed by atoms with Crippen LogP contribution in [0.3, 0.4) is 0 Å². The third kappa shape index (κ3) is 4.92. The number of ether oxygens (including phenoxy) is 3. The summed E-state index contributed by atoms with van der Waals surface area (Å²) in [6.45, 7) is -3.05. The average molecular weight is 409 g/mol. The maximum Gasteiger partial charge on any atom is 0.387 e. The lowest BCUT2D eigenvalue weighted by atomic mass is 10.2. The molecule has 1 aliphatic rings. The van der Waals surface area contributed by atoms with Crippen molar-refractivity contribution in [3.05, 3.63) is 47.5 Å². The molecular weight excluding hydrogens is 392 g/mol. The second kappa shape index (κ2) is 8.92. The Labute approximate surface area is 164 Å². The molecule has 2 aromatic carbocycles. The fourth-order valence-electron chi connectivity index (χ4n) is 2.57. The van der Waals surface area contributed by atoms with Crippen LogP contribution >= 0.6 is 11.8 Å². The number of hydrogen-bond acceptors (Lipinski definition) is 6. The molecular formula is C19H17F2NO5S. The van der Waals surface area contributed by atoms with Gasteiger partial charge in [-0.05, 0) is 35.9 Å². The number of benzene rings is 2. The van der Waals surface area contributed by atoms with Crippen molar-refractivity contribution in [3.8, 4) is 11.5 Å². The number of hydrogen-bond donors (Lipinski definition) is 1. The number of thioether (sulfide) groups is 1. The molecule has 2 aromatic rings. The van der Waals surface area contributed by atoms with Crippen LogP contribution in [0.1, 0.15) is 22.3 Å². The fourth-order valence-corrected chi connectivity index (χ4v) is 3.51. The van der Waals surface area contributed by atoms with Crippen LogP contribution in [0.2, 0.25) is 0 Å². The first-order valence-electron chi connectivity index (χ1n) is 8.32. The SMILES string of the molecule is COc1cc(COC(=O)c2ccc3c(c2)NC(=O)CCS3)ccc1OC(F)F. The molecule has 9 heteroatoms. The molecule has 28 heavy (non-hydrogen) atoms. The van der Waals surface area contributed by atoms with E-state index in [1.807, 2.05) is 0 Å². The second-order valence-corrected chi connectivity index (χ2v) is 6.93. The summed E-state index contributed by atoms with van der Waals surface area (Å²) in [6, 6.07) is 9.26. The van der Waals surface area contributed by atoms with Gasteiger partial charge in [0.15, 0.2) is 11.5 Å². The van der Waals surface area contributed by atoms with E-state index < -0.39 is 12.6 Å². The van der Waals surface area contributed by atoms with Crippen molar-refractivity contribution in [1.29, 1.82) is 0 Å². The van der Waals surface area contributed by atoms with E-state index in [9.17, 15) is 18.4 Å². The van der Waals surface area contributed by atoms with Crippen LogP contribution < -0.4 is 14.8 Å². The van der Waals surface area contributed by atoms with Crippen LogP contribution in [-0.2, 0) is 16.1 Å². The van der Waals surface area contributed by atoms with Crippen LogP contribution in [0, 0.1) is 0 Å². The Balaban J connectivity index is 1.68. The van der Waals surface area contributed by atoms with E-state index in [2.05, 4.69) is 10.1 Å². The zero-order chi connectivity index (χ0) is 20.1. The Morgan fingerprint density at radius 1 is 1.21 bits per heavy atom. The molecule has 0 aromatic heterocycles. The van der Waals surface area contributed by atoms with Crippen molar-refractivity contribution in [2.75, 3.05) is 18.2 Å². The van der Waals surface area contributed by atoms with Gasteiger partial charge in [-0.3, -0.25) is 4.79 Å². The van der Waals surface area contributed by atoms with Gasteiger partial charge in [-0.2, -0.15) is 8.78 Å². The summed E-state index contributed by atoms with van der Waals surface area (Å²) in [5.74, 6) is 0.00810. The Bertz CT molecular complexity index is 891. The van der Waals surface area contributed by atoms with Gasteiger partial charge in [0.1, 0.15) is 6.61 Å². The van der Waals surface area contributed by atoms with E-state index in [4.69, 9.17) is 9.47 Å². The third-order valence-electron chi connectivity index (χ3n) is 3.89. The predicted octanol–water partition coefficient (Wildman–Crippen LogP) is 4.09. The number of alkyl halides is 2. The molecule has 148 valence electrons. The molecule has 0 aliphatic carbocycles. The first-order chi connectivity index (χ1) is 13.5. The number of esters is 1. The molecule has 0 spiro atoms. The minimum absolute atomic E-state index is 0.0810. The minimum Gasteiger partial charge on any atom is -0.493 e. The zero-order valence-electron chi connectivity index (χ0n) is 14.9. The number of carbonyl (C=O) groups excluding carboxylic acids is 2. The number of nitrogens with one attached hydrogen (secondary N) is 1. The minimum atomic E-state index is -2.97. The molecule has 0 radical (unpaired) electrons.